The maximum atomic E-state index is 5.73. The van der Waals surface area contributed by atoms with Crippen LogP contribution in [0.15, 0.2) is 56.8 Å². The lowest BCUT2D eigenvalue weighted by molar-refractivity contribution is 0.126. The Morgan fingerprint density at radius 2 is 2.04 bits per heavy atom. The monoisotopic (exact) mass is 370 g/mol. The number of oxime groups is 1. The summed E-state index contributed by atoms with van der Waals surface area (Å²) < 4.78 is 21.6. The molecule has 0 saturated carbocycles. The van der Waals surface area contributed by atoms with Crippen molar-refractivity contribution in [1.29, 1.82) is 0 Å². The van der Waals surface area contributed by atoms with Crippen molar-refractivity contribution < 1.29 is 23.3 Å². The van der Waals surface area contributed by atoms with Gasteiger partial charge in [-0.1, -0.05) is 24.2 Å². The molecule has 3 aromatic rings. The van der Waals surface area contributed by atoms with Crippen LogP contribution in [-0.4, -0.2) is 25.1 Å². The lowest BCUT2D eigenvalue weighted by atomic mass is 10.2. The number of rotatable bonds is 9. The van der Waals surface area contributed by atoms with E-state index in [1.54, 1.807) is 37.8 Å². The maximum absolute atomic E-state index is 5.73. The van der Waals surface area contributed by atoms with Crippen LogP contribution >= 0.6 is 0 Å². The fourth-order valence-electron chi connectivity index (χ4n) is 2.26. The van der Waals surface area contributed by atoms with Crippen LogP contribution in [0.3, 0.4) is 0 Å². The minimum absolute atomic E-state index is 0.188. The second-order valence-electron chi connectivity index (χ2n) is 6.28. The molecule has 0 bridgehead atoms. The second-order valence-corrected chi connectivity index (χ2v) is 6.28. The largest absolute Gasteiger partial charge is 0.493 e. The summed E-state index contributed by atoms with van der Waals surface area (Å²) in [6.07, 6.45) is 3.17. The van der Waals surface area contributed by atoms with Crippen LogP contribution in [0.5, 0.6) is 11.5 Å². The lowest BCUT2D eigenvalue weighted by Crippen LogP contribution is -2.05. The third-order valence-electron chi connectivity index (χ3n) is 3.57. The average molecular weight is 370 g/mol. The van der Waals surface area contributed by atoms with E-state index in [1.165, 1.54) is 0 Å². The molecule has 0 N–H and O–H groups in total. The molecule has 0 aliphatic carbocycles. The Morgan fingerprint density at radius 1 is 1.15 bits per heavy atom. The van der Waals surface area contributed by atoms with Gasteiger partial charge in [0.25, 0.3) is 0 Å². The zero-order chi connectivity index (χ0) is 19.1. The molecule has 2 aromatic heterocycles. The Hall–Kier alpha value is -3.22. The van der Waals surface area contributed by atoms with Gasteiger partial charge in [0.05, 0.1) is 26.2 Å². The molecule has 0 aliphatic rings. The van der Waals surface area contributed by atoms with Crippen molar-refractivity contribution in [3.8, 4) is 23.0 Å². The Bertz CT molecular complexity index is 868. The van der Waals surface area contributed by atoms with E-state index in [0.717, 1.165) is 5.56 Å². The van der Waals surface area contributed by atoms with Crippen LogP contribution in [0.1, 0.15) is 25.1 Å². The van der Waals surface area contributed by atoms with E-state index >= 15 is 0 Å². The van der Waals surface area contributed by atoms with Crippen molar-refractivity contribution in [2.75, 3.05) is 13.7 Å². The van der Waals surface area contributed by atoms with Crippen molar-refractivity contribution in [1.82, 2.24) is 5.16 Å². The van der Waals surface area contributed by atoms with Crippen molar-refractivity contribution in [2.24, 2.45) is 11.1 Å². The highest BCUT2D eigenvalue weighted by molar-refractivity contribution is 5.80. The first kappa shape index (κ1) is 18.6. The topological polar surface area (TPSA) is 79.2 Å². The van der Waals surface area contributed by atoms with E-state index in [0.29, 0.717) is 41.2 Å². The molecule has 0 amide bonds. The summed E-state index contributed by atoms with van der Waals surface area (Å²) in [6, 6.07) is 10.9. The number of methoxy groups -OCH3 is 1. The summed E-state index contributed by atoms with van der Waals surface area (Å²) in [5.74, 6) is 2.96. The van der Waals surface area contributed by atoms with Crippen LogP contribution < -0.4 is 9.47 Å². The fraction of sp³-hybridized carbons (Fsp3) is 0.300. The Kier molecular flexibility index (Phi) is 6.14. The van der Waals surface area contributed by atoms with Gasteiger partial charge in [-0.25, -0.2) is 0 Å². The third kappa shape index (κ3) is 5.13. The summed E-state index contributed by atoms with van der Waals surface area (Å²) in [5, 5.41) is 7.88. The number of hydrogen-bond acceptors (Lipinski definition) is 7. The molecule has 0 atom stereocenters. The predicted octanol–water partition coefficient (Wildman–Crippen LogP) is 4.53. The van der Waals surface area contributed by atoms with Gasteiger partial charge >= 0.3 is 0 Å². The second kappa shape index (κ2) is 8.93. The number of ether oxygens (including phenoxy) is 2. The molecule has 27 heavy (non-hydrogen) atoms. The van der Waals surface area contributed by atoms with E-state index in [2.05, 4.69) is 24.2 Å². The van der Waals surface area contributed by atoms with Crippen LogP contribution in [0.2, 0.25) is 0 Å². The summed E-state index contributed by atoms with van der Waals surface area (Å²) in [6.45, 7) is 5.01. The molecule has 7 nitrogen and oxygen atoms in total. The standard InChI is InChI=1S/C20H22N2O5/c1-14(2)12-25-18-7-6-15(9-19(18)23-3)11-21-26-13-16-10-20(27-22-16)17-5-4-8-24-17/h4-11,14H,12-13H2,1-3H3/b21-11-. The highest BCUT2D eigenvalue weighted by Gasteiger charge is 2.09. The first-order valence-electron chi connectivity index (χ1n) is 8.61. The highest BCUT2D eigenvalue weighted by Crippen LogP contribution is 2.28. The molecular formula is C20H22N2O5. The van der Waals surface area contributed by atoms with Gasteiger partial charge in [0, 0.05) is 11.6 Å². The molecule has 0 radical (unpaired) electrons. The van der Waals surface area contributed by atoms with Gasteiger partial charge in [0.2, 0.25) is 5.76 Å². The number of hydrogen-bond donors (Lipinski definition) is 0. The zero-order valence-electron chi connectivity index (χ0n) is 15.5. The smallest absolute Gasteiger partial charge is 0.202 e. The van der Waals surface area contributed by atoms with Crippen LogP contribution in [0.4, 0.5) is 0 Å². The van der Waals surface area contributed by atoms with E-state index in [-0.39, 0.29) is 6.61 Å². The molecule has 0 fully saturated rings. The summed E-state index contributed by atoms with van der Waals surface area (Å²) in [7, 11) is 1.61. The normalized spacial score (nSPS) is 11.3. The van der Waals surface area contributed by atoms with Gasteiger partial charge in [-0.2, -0.15) is 0 Å². The number of aromatic nitrogens is 1. The summed E-state index contributed by atoms with van der Waals surface area (Å²) in [4.78, 5) is 5.28. The molecule has 2 heterocycles. The predicted molar refractivity (Wildman–Crippen MR) is 99.9 cm³/mol. The van der Waals surface area contributed by atoms with E-state index in [1.807, 2.05) is 18.2 Å². The average Bonchev–Trinajstić information content (AvgIpc) is 3.35. The quantitative estimate of drug-likeness (QED) is 0.407. The molecule has 0 spiro atoms. The van der Waals surface area contributed by atoms with Gasteiger partial charge in [0.1, 0.15) is 5.69 Å². The molecule has 0 saturated heterocycles. The van der Waals surface area contributed by atoms with Crippen molar-refractivity contribution >= 4 is 6.21 Å². The molecule has 1 aromatic carbocycles. The van der Waals surface area contributed by atoms with Gasteiger partial charge in [-0.3, -0.25) is 0 Å². The molecule has 7 heteroatoms. The van der Waals surface area contributed by atoms with Crippen molar-refractivity contribution in [2.45, 2.75) is 20.5 Å². The number of nitrogens with zero attached hydrogens (tertiary/aromatic N) is 2. The molecule has 0 aliphatic heterocycles. The number of furan rings is 1. The van der Waals surface area contributed by atoms with Gasteiger partial charge < -0.3 is 23.3 Å². The van der Waals surface area contributed by atoms with Crippen LogP contribution in [0.25, 0.3) is 11.5 Å². The van der Waals surface area contributed by atoms with Gasteiger partial charge in [-0.05, 0) is 36.2 Å². The molecular weight excluding hydrogens is 348 g/mol. The van der Waals surface area contributed by atoms with Gasteiger partial charge in [0.15, 0.2) is 23.9 Å². The van der Waals surface area contributed by atoms with Crippen LogP contribution in [-0.2, 0) is 11.4 Å². The Morgan fingerprint density at radius 3 is 2.78 bits per heavy atom. The zero-order valence-corrected chi connectivity index (χ0v) is 15.5. The van der Waals surface area contributed by atoms with E-state index < -0.39 is 0 Å². The fourth-order valence-corrected chi connectivity index (χ4v) is 2.26. The maximum Gasteiger partial charge on any atom is 0.202 e. The van der Waals surface area contributed by atoms with Crippen molar-refractivity contribution in [3.05, 3.63) is 53.9 Å². The Balaban J connectivity index is 1.55. The van der Waals surface area contributed by atoms with Crippen molar-refractivity contribution in [3.63, 3.8) is 0 Å². The van der Waals surface area contributed by atoms with E-state index in [4.69, 9.17) is 23.3 Å². The van der Waals surface area contributed by atoms with Gasteiger partial charge in [-0.15, -0.1) is 0 Å². The third-order valence-corrected chi connectivity index (χ3v) is 3.57. The summed E-state index contributed by atoms with van der Waals surface area (Å²) >= 11 is 0. The first-order valence-corrected chi connectivity index (χ1v) is 8.61. The molecule has 3 rings (SSSR count). The molecule has 142 valence electrons. The lowest BCUT2D eigenvalue weighted by Gasteiger charge is -2.12. The van der Waals surface area contributed by atoms with Crippen LogP contribution in [0, 0.1) is 5.92 Å². The summed E-state index contributed by atoms with van der Waals surface area (Å²) in [5.41, 5.74) is 1.45. The molecule has 0 unspecified atom stereocenters. The van der Waals surface area contributed by atoms with E-state index in [9.17, 15) is 0 Å². The first-order chi connectivity index (χ1) is 13.2. The number of benzene rings is 1. The minimum Gasteiger partial charge on any atom is -0.493 e. The minimum atomic E-state index is 0.188. The Labute approximate surface area is 157 Å². The SMILES string of the molecule is COc1cc(/C=N\OCc2cc(-c3ccco3)on2)ccc1OCC(C)C. The highest BCUT2D eigenvalue weighted by atomic mass is 16.6.